The number of thioether (sulfide) groups is 1. The van der Waals surface area contributed by atoms with E-state index >= 15 is 0 Å². The molecule has 140 valence electrons. The highest BCUT2D eigenvalue weighted by Gasteiger charge is 2.11. The van der Waals surface area contributed by atoms with Crippen molar-refractivity contribution in [3.8, 4) is 22.6 Å². The fraction of sp³-hybridized carbons (Fsp3) is 0.143. The van der Waals surface area contributed by atoms with E-state index in [0.717, 1.165) is 21.8 Å². The number of rotatable bonds is 5. The van der Waals surface area contributed by atoms with Gasteiger partial charge in [-0.25, -0.2) is 0 Å². The van der Waals surface area contributed by atoms with E-state index in [0.29, 0.717) is 22.5 Å². The Balaban J connectivity index is 1.42. The summed E-state index contributed by atoms with van der Waals surface area (Å²) in [6.45, 7) is 4.15. The average Bonchev–Trinajstić information content (AvgIpc) is 3.18. The largest absolute Gasteiger partial charge is 0.338 e. The van der Waals surface area contributed by atoms with Gasteiger partial charge < -0.3 is 4.52 Å². The second kappa shape index (κ2) is 8.12. The molecule has 0 amide bonds. The fourth-order valence-electron chi connectivity index (χ4n) is 2.65. The monoisotopic (exact) mass is 408 g/mol. The van der Waals surface area contributed by atoms with Crippen molar-refractivity contribution in [1.29, 1.82) is 0 Å². The quantitative estimate of drug-likeness (QED) is 0.391. The van der Waals surface area contributed by atoms with Gasteiger partial charge in [0.1, 0.15) is 5.03 Å². The summed E-state index contributed by atoms with van der Waals surface area (Å²) >= 11 is 7.53. The van der Waals surface area contributed by atoms with E-state index in [2.05, 4.69) is 46.3 Å². The maximum Gasteiger partial charge on any atom is 0.237 e. The summed E-state index contributed by atoms with van der Waals surface area (Å²) in [4.78, 5) is 4.48. The van der Waals surface area contributed by atoms with Gasteiger partial charge in [-0.1, -0.05) is 52.8 Å². The molecular formula is C21H17ClN4OS. The lowest BCUT2D eigenvalue weighted by Crippen LogP contribution is -1.90. The van der Waals surface area contributed by atoms with Crippen LogP contribution in [0, 0.1) is 13.8 Å². The lowest BCUT2D eigenvalue weighted by atomic mass is 10.1. The molecule has 0 atom stereocenters. The van der Waals surface area contributed by atoms with Gasteiger partial charge in [0.25, 0.3) is 0 Å². The van der Waals surface area contributed by atoms with Crippen molar-refractivity contribution < 1.29 is 4.52 Å². The Bertz CT molecular complexity index is 1110. The van der Waals surface area contributed by atoms with E-state index in [1.807, 2.05) is 42.5 Å². The van der Waals surface area contributed by atoms with Crippen LogP contribution in [0.3, 0.4) is 0 Å². The van der Waals surface area contributed by atoms with E-state index in [1.54, 1.807) is 0 Å². The SMILES string of the molecule is Cc1ccc(-c2noc(CSc3ccc(-c4cccc(Cl)c4)nn3)n2)cc1C. The van der Waals surface area contributed by atoms with Crippen LogP contribution in [-0.4, -0.2) is 20.3 Å². The van der Waals surface area contributed by atoms with Gasteiger partial charge in [0, 0.05) is 16.1 Å². The molecule has 0 N–H and O–H groups in total. The van der Waals surface area contributed by atoms with Crippen LogP contribution >= 0.6 is 23.4 Å². The second-order valence-corrected chi connectivity index (χ2v) is 7.80. The highest BCUT2D eigenvalue weighted by molar-refractivity contribution is 7.98. The zero-order chi connectivity index (χ0) is 19.5. The highest BCUT2D eigenvalue weighted by atomic mass is 35.5. The minimum absolute atomic E-state index is 0.531. The number of halogens is 1. The van der Waals surface area contributed by atoms with Gasteiger partial charge in [-0.2, -0.15) is 4.98 Å². The zero-order valence-electron chi connectivity index (χ0n) is 15.4. The maximum atomic E-state index is 6.03. The lowest BCUT2D eigenvalue weighted by Gasteiger charge is -2.02. The first kappa shape index (κ1) is 18.7. The number of hydrogen-bond acceptors (Lipinski definition) is 6. The van der Waals surface area contributed by atoms with Crippen LogP contribution in [0.4, 0.5) is 0 Å². The molecule has 0 radical (unpaired) electrons. The molecule has 2 aromatic carbocycles. The summed E-state index contributed by atoms with van der Waals surface area (Å²) < 4.78 is 5.37. The topological polar surface area (TPSA) is 64.7 Å². The number of hydrogen-bond donors (Lipinski definition) is 0. The van der Waals surface area contributed by atoms with Crippen molar-refractivity contribution in [3.63, 3.8) is 0 Å². The van der Waals surface area contributed by atoms with E-state index < -0.39 is 0 Å². The van der Waals surface area contributed by atoms with Gasteiger partial charge in [-0.05, 0) is 55.3 Å². The summed E-state index contributed by atoms with van der Waals surface area (Å²) in [5.74, 6) is 1.68. The van der Waals surface area contributed by atoms with Crippen LogP contribution in [0.5, 0.6) is 0 Å². The van der Waals surface area contributed by atoms with Gasteiger partial charge in [0.15, 0.2) is 0 Å². The minimum Gasteiger partial charge on any atom is -0.338 e. The Kier molecular flexibility index (Phi) is 5.41. The minimum atomic E-state index is 0.531. The molecule has 0 saturated heterocycles. The van der Waals surface area contributed by atoms with Crippen LogP contribution in [0.2, 0.25) is 5.02 Å². The molecule has 0 unspecified atom stereocenters. The molecule has 5 nitrogen and oxygen atoms in total. The summed E-state index contributed by atoms with van der Waals surface area (Å²) in [5, 5.41) is 14.1. The lowest BCUT2D eigenvalue weighted by molar-refractivity contribution is 0.391. The first-order valence-electron chi connectivity index (χ1n) is 8.71. The summed E-state index contributed by atoms with van der Waals surface area (Å²) in [7, 11) is 0. The van der Waals surface area contributed by atoms with E-state index in [-0.39, 0.29) is 0 Å². The Labute approximate surface area is 172 Å². The zero-order valence-corrected chi connectivity index (χ0v) is 17.0. The Morgan fingerprint density at radius 3 is 2.57 bits per heavy atom. The van der Waals surface area contributed by atoms with Crippen molar-refractivity contribution in [3.05, 3.63) is 76.6 Å². The molecule has 2 heterocycles. The van der Waals surface area contributed by atoms with Crippen molar-refractivity contribution in [1.82, 2.24) is 20.3 Å². The molecule has 0 spiro atoms. The highest BCUT2D eigenvalue weighted by Crippen LogP contribution is 2.25. The van der Waals surface area contributed by atoms with E-state index in [9.17, 15) is 0 Å². The fourth-order valence-corrected chi connectivity index (χ4v) is 3.49. The van der Waals surface area contributed by atoms with Gasteiger partial charge >= 0.3 is 0 Å². The molecule has 0 aliphatic heterocycles. The predicted molar refractivity (Wildman–Crippen MR) is 111 cm³/mol. The predicted octanol–water partition coefficient (Wildman–Crippen LogP) is 5.76. The first-order valence-corrected chi connectivity index (χ1v) is 10.1. The standard InChI is InChI=1S/C21H17ClN4OS/c1-13-6-7-16(10-14(13)2)21-23-19(27-26-21)12-28-20-9-8-18(24-25-20)15-4-3-5-17(22)11-15/h3-11H,12H2,1-2H3. The summed E-state index contributed by atoms with van der Waals surface area (Å²) in [6.07, 6.45) is 0. The molecule has 4 rings (SSSR count). The van der Waals surface area contributed by atoms with Crippen molar-refractivity contribution in [2.75, 3.05) is 0 Å². The van der Waals surface area contributed by atoms with Crippen molar-refractivity contribution in [2.24, 2.45) is 0 Å². The normalized spacial score (nSPS) is 11.0. The third kappa shape index (κ3) is 4.24. The average molecular weight is 409 g/mol. The summed E-state index contributed by atoms with van der Waals surface area (Å²) in [6, 6.07) is 17.5. The molecule has 0 fully saturated rings. The number of aryl methyl sites for hydroxylation is 2. The third-order valence-electron chi connectivity index (χ3n) is 4.34. The van der Waals surface area contributed by atoms with Gasteiger partial charge in [-0.15, -0.1) is 10.2 Å². The van der Waals surface area contributed by atoms with Gasteiger partial charge in [-0.3, -0.25) is 0 Å². The van der Waals surface area contributed by atoms with Crippen molar-refractivity contribution >= 4 is 23.4 Å². The molecule has 28 heavy (non-hydrogen) atoms. The molecule has 0 aliphatic carbocycles. The maximum absolute atomic E-state index is 6.03. The Morgan fingerprint density at radius 2 is 1.82 bits per heavy atom. The molecular weight excluding hydrogens is 392 g/mol. The van der Waals surface area contributed by atoms with Crippen LogP contribution in [0.25, 0.3) is 22.6 Å². The smallest absolute Gasteiger partial charge is 0.237 e. The van der Waals surface area contributed by atoms with E-state index in [1.165, 1.54) is 22.9 Å². The van der Waals surface area contributed by atoms with Crippen LogP contribution in [-0.2, 0) is 5.75 Å². The van der Waals surface area contributed by atoms with Crippen LogP contribution in [0.15, 0.2) is 64.1 Å². The van der Waals surface area contributed by atoms with Gasteiger partial charge in [0.05, 0.1) is 11.4 Å². The second-order valence-electron chi connectivity index (χ2n) is 6.37. The number of benzene rings is 2. The molecule has 0 saturated carbocycles. The summed E-state index contributed by atoms with van der Waals surface area (Å²) in [5.41, 5.74) is 5.11. The molecule has 7 heteroatoms. The molecule has 0 aliphatic rings. The Hall–Kier alpha value is -2.70. The number of nitrogens with zero attached hydrogens (tertiary/aromatic N) is 4. The number of aromatic nitrogens is 4. The first-order chi connectivity index (χ1) is 13.6. The molecule has 2 aromatic heterocycles. The van der Waals surface area contributed by atoms with Crippen LogP contribution in [0.1, 0.15) is 17.0 Å². The Morgan fingerprint density at radius 1 is 0.929 bits per heavy atom. The molecule has 4 aromatic rings. The van der Waals surface area contributed by atoms with Gasteiger partial charge in [0.2, 0.25) is 11.7 Å². The third-order valence-corrected chi connectivity index (χ3v) is 5.48. The van der Waals surface area contributed by atoms with E-state index in [4.69, 9.17) is 16.1 Å². The van der Waals surface area contributed by atoms with Crippen molar-refractivity contribution in [2.45, 2.75) is 24.6 Å². The molecule has 0 bridgehead atoms. The van der Waals surface area contributed by atoms with Crippen LogP contribution < -0.4 is 0 Å².